The van der Waals surface area contributed by atoms with E-state index in [9.17, 15) is 14.4 Å². The van der Waals surface area contributed by atoms with E-state index in [1.165, 1.54) is 17.5 Å². The number of nitrogens with one attached hydrogen (secondary N) is 2. The highest BCUT2D eigenvalue weighted by Crippen LogP contribution is 2.34. The Balaban J connectivity index is 1.04. The molecule has 1 aromatic heterocycles. The van der Waals surface area contributed by atoms with Gasteiger partial charge < -0.3 is 30.1 Å². The van der Waals surface area contributed by atoms with Crippen molar-refractivity contribution in [3.63, 3.8) is 0 Å². The summed E-state index contributed by atoms with van der Waals surface area (Å²) >= 11 is 0. The molecule has 3 aromatic carbocycles. The van der Waals surface area contributed by atoms with Crippen LogP contribution >= 0.6 is 0 Å². The van der Waals surface area contributed by atoms with Gasteiger partial charge in [-0.2, -0.15) is 0 Å². The molecule has 11 nitrogen and oxygen atoms in total. The maximum atomic E-state index is 14.0. The largest absolute Gasteiger partial charge is 0.444 e. The summed E-state index contributed by atoms with van der Waals surface area (Å²) < 4.78 is 5.60. The zero-order valence-electron chi connectivity index (χ0n) is 34.6. The van der Waals surface area contributed by atoms with Crippen LogP contribution < -0.4 is 20.4 Å². The Hall–Kier alpha value is -5.42. The number of nitrogens with zero attached hydrogens (tertiary/aromatic N) is 5. The van der Waals surface area contributed by atoms with Gasteiger partial charge in [0.25, 0.3) is 11.8 Å². The Morgan fingerprint density at radius 2 is 1.62 bits per heavy atom. The Morgan fingerprint density at radius 1 is 0.810 bits per heavy atom. The topological polar surface area (TPSA) is 110 Å². The summed E-state index contributed by atoms with van der Waals surface area (Å²) in [6.07, 6.45) is 8.79. The third-order valence-electron chi connectivity index (χ3n) is 11.5. The molecule has 0 bridgehead atoms. The number of piperidine rings is 1. The number of hydrogen-bond donors (Lipinski definition) is 2. The highest BCUT2D eigenvalue weighted by molar-refractivity contribution is 6.07. The molecule has 2 fully saturated rings. The number of anilines is 3. The molecule has 1 unspecified atom stereocenters. The lowest BCUT2D eigenvalue weighted by atomic mass is 9.87. The molecule has 0 spiro atoms. The minimum absolute atomic E-state index is 0.0350. The second kappa shape index (κ2) is 18.4. The van der Waals surface area contributed by atoms with Crippen molar-refractivity contribution in [3.8, 4) is 11.3 Å². The molecule has 2 N–H and O–H groups in total. The van der Waals surface area contributed by atoms with Gasteiger partial charge in [-0.15, -0.1) is 0 Å². The molecule has 58 heavy (non-hydrogen) atoms. The Bertz CT molecular complexity index is 2070. The summed E-state index contributed by atoms with van der Waals surface area (Å²) in [5, 5.41) is 6.49. The van der Waals surface area contributed by atoms with Gasteiger partial charge in [-0.3, -0.25) is 19.5 Å². The highest BCUT2D eigenvalue weighted by Gasteiger charge is 2.26. The summed E-state index contributed by atoms with van der Waals surface area (Å²) in [5.74, 6) is -0.357. The van der Waals surface area contributed by atoms with E-state index in [1.807, 2.05) is 75.2 Å². The Labute approximate surface area is 343 Å². The average molecular weight is 786 g/mol. The standard InChI is InChI=1S/C47H59N7O4/c1-47(2,3)58-46(57)54-26-12-23-52(29-30-54)28-27-51(4)37-16-10-15-35(31-37)44(55)50-42-20-19-38(53-24-8-5-9-25-53)33-40(42)43-32-36(21-22-48-43)45(56)49-41-18-11-14-34-13-6-7-17-39(34)41/h6-7,10,13,15-17,19-22,31-33,41H,5,8-9,11-12,14,18,23-30H2,1-4H3,(H,49,56)(H,50,55). The number of benzene rings is 3. The van der Waals surface area contributed by atoms with Crippen molar-refractivity contribution >= 4 is 35.0 Å². The molecular weight excluding hydrogens is 727 g/mol. The molecule has 0 saturated carbocycles. The molecule has 0 radical (unpaired) electrons. The smallest absolute Gasteiger partial charge is 0.410 e. The maximum Gasteiger partial charge on any atom is 0.410 e. The van der Waals surface area contributed by atoms with Crippen LogP contribution in [0.15, 0.2) is 85.1 Å². The predicted molar refractivity (Wildman–Crippen MR) is 232 cm³/mol. The zero-order valence-corrected chi connectivity index (χ0v) is 34.6. The van der Waals surface area contributed by atoms with Crippen molar-refractivity contribution in [2.75, 3.05) is 74.5 Å². The van der Waals surface area contributed by atoms with E-state index < -0.39 is 5.60 Å². The SMILES string of the molecule is CN(CCN1CCCN(C(=O)OC(C)(C)C)CC1)c1cccc(C(=O)Nc2ccc(N3CCCCC3)cc2-c2cc(C(=O)NC3CCCc4ccccc43)ccn2)c1. The number of likely N-dealkylation sites (N-methyl/N-ethyl adjacent to an activating group) is 1. The van der Waals surface area contributed by atoms with Gasteiger partial charge in [0.05, 0.1) is 17.4 Å². The highest BCUT2D eigenvalue weighted by atomic mass is 16.6. The molecule has 7 rings (SSSR count). The molecular formula is C47H59N7O4. The monoisotopic (exact) mass is 785 g/mol. The molecule has 4 aromatic rings. The van der Waals surface area contributed by atoms with Gasteiger partial charge >= 0.3 is 6.09 Å². The van der Waals surface area contributed by atoms with E-state index in [2.05, 4.69) is 55.7 Å². The number of amides is 3. The molecule has 3 heterocycles. The van der Waals surface area contributed by atoms with Crippen molar-refractivity contribution < 1.29 is 19.1 Å². The number of carbonyl (C=O) groups is 3. The molecule has 2 saturated heterocycles. The molecule has 3 aliphatic rings. The van der Waals surface area contributed by atoms with Crippen LogP contribution in [0.25, 0.3) is 11.3 Å². The molecule has 1 aliphatic carbocycles. The van der Waals surface area contributed by atoms with Crippen molar-refractivity contribution in [1.82, 2.24) is 20.1 Å². The number of rotatable bonds is 10. The number of fused-ring (bicyclic) bond motifs is 1. The fourth-order valence-corrected chi connectivity index (χ4v) is 8.27. The molecule has 2 aliphatic heterocycles. The van der Waals surface area contributed by atoms with Gasteiger partial charge in [-0.05, 0) is 132 Å². The summed E-state index contributed by atoms with van der Waals surface area (Å²) in [5.41, 5.74) is 7.11. The van der Waals surface area contributed by atoms with Crippen LogP contribution in [0.2, 0.25) is 0 Å². The van der Waals surface area contributed by atoms with E-state index in [0.717, 1.165) is 94.7 Å². The van der Waals surface area contributed by atoms with Crippen molar-refractivity contribution in [2.45, 2.75) is 77.4 Å². The van der Waals surface area contributed by atoms with Crippen LogP contribution in [-0.4, -0.2) is 97.7 Å². The first kappa shape index (κ1) is 40.8. The molecule has 3 amide bonds. The molecule has 11 heteroatoms. The number of aromatic nitrogens is 1. The van der Waals surface area contributed by atoms with Crippen molar-refractivity contribution in [1.29, 1.82) is 0 Å². The van der Waals surface area contributed by atoms with E-state index >= 15 is 0 Å². The molecule has 306 valence electrons. The number of hydrogen-bond acceptors (Lipinski definition) is 8. The first-order chi connectivity index (χ1) is 28.0. The number of ether oxygens (including phenoxy) is 1. The van der Waals surface area contributed by atoms with E-state index in [0.29, 0.717) is 35.6 Å². The van der Waals surface area contributed by atoms with Crippen LogP contribution in [0.1, 0.15) is 97.2 Å². The fourth-order valence-electron chi connectivity index (χ4n) is 8.27. The quantitative estimate of drug-likeness (QED) is 0.166. The summed E-state index contributed by atoms with van der Waals surface area (Å²) in [6.45, 7) is 12.3. The van der Waals surface area contributed by atoms with Crippen LogP contribution in [0.4, 0.5) is 21.9 Å². The fraction of sp³-hybridized carbons (Fsp3) is 0.447. The lowest BCUT2D eigenvalue weighted by Gasteiger charge is -2.29. The van der Waals surface area contributed by atoms with Crippen LogP contribution in [-0.2, 0) is 11.2 Å². The first-order valence-electron chi connectivity index (χ1n) is 21.1. The maximum absolute atomic E-state index is 14.0. The van der Waals surface area contributed by atoms with Gasteiger partial charge in [-0.25, -0.2) is 4.79 Å². The van der Waals surface area contributed by atoms with Gasteiger partial charge in [0, 0.05) is 87.1 Å². The lowest BCUT2D eigenvalue weighted by molar-refractivity contribution is 0.0257. The summed E-state index contributed by atoms with van der Waals surface area (Å²) in [6, 6.07) is 25.8. The van der Waals surface area contributed by atoms with Gasteiger partial charge in [0.1, 0.15) is 5.60 Å². The van der Waals surface area contributed by atoms with E-state index in [-0.39, 0.29) is 23.9 Å². The van der Waals surface area contributed by atoms with Gasteiger partial charge in [0.2, 0.25) is 0 Å². The minimum atomic E-state index is -0.512. The third-order valence-corrected chi connectivity index (χ3v) is 11.5. The van der Waals surface area contributed by atoms with Crippen molar-refractivity contribution in [3.05, 3.63) is 107 Å². The minimum Gasteiger partial charge on any atom is -0.444 e. The average Bonchev–Trinajstić information content (AvgIpc) is 3.49. The predicted octanol–water partition coefficient (Wildman–Crippen LogP) is 8.18. The number of pyridine rings is 1. The lowest BCUT2D eigenvalue weighted by Crippen LogP contribution is -2.40. The van der Waals surface area contributed by atoms with Gasteiger partial charge in [-0.1, -0.05) is 30.3 Å². The second-order valence-corrected chi connectivity index (χ2v) is 16.9. The van der Waals surface area contributed by atoms with Crippen LogP contribution in [0, 0.1) is 0 Å². The number of aryl methyl sites for hydroxylation is 1. The van der Waals surface area contributed by atoms with E-state index in [1.54, 1.807) is 12.3 Å². The van der Waals surface area contributed by atoms with Crippen molar-refractivity contribution in [2.24, 2.45) is 0 Å². The Kier molecular flexibility index (Phi) is 13.0. The van der Waals surface area contributed by atoms with Crippen LogP contribution in [0.5, 0.6) is 0 Å². The first-order valence-corrected chi connectivity index (χ1v) is 21.1. The second-order valence-electron chi connectivity index (χ2n) is 16.9. The van der Waals surface area contributed by atoms with Crippen LogP contribution in [0.3, 0.4) is 0 Å². The summed E-state index contributed by atoms with van der Waals surface area (Å²) in [7, 11) is 2.04. The Morgan fingerprint density at radius 3 is 2.45 bits per heavy atom. The molecule has 1 atom stereocenters. The third kappa shape index (κ3) is 10.4. The summed E-state index contributed by atoms with van der Waals surface area (Å²) in [4.78, 5) is 53.9. The number of carbonyl (C=O) groups excluding carboxylic acids is 3. The zero-order chi connectivity index (χ0) is 40.6. The van der Waals surface area contributed by atoms with Gasteiger partial charge in [0.15, 0.2) is 0 Å². The normalized spacial score (nSPS) is 17.5. The van der Waals surface area contributed by atoms with E-state index in [4.69, 9.17) is 9.72 Å².